The number of thiophene rings is 1. The molecule has 3 nitrogen and oxygen atoms in total. The number of aryl methyl sites for hydroxylation is 1. The van der Waals surface area contributed by atoms with E-state index in [2.05, 4.69) is 9.97 Å². The number of H-pyrrole nitrogens is 1. The number of nitrogens with two attached hydrogens (primary N) is 1. The summed E-state index contributed by atoms with van der Waals surface area (Å²) < 4.78 is 13.1. The molecule has 5 heteroatoms. The lowest BCUT2D eigenvalue weighted by Gasteiger charge is -1.91. The van der Waals surface area contributed by atoms with Crippen molar-refractivity contribution in [2.24, 2.45) is 0 Å². The monoisotopic (exact) mass is 247 g/mol. The molecule has 0 aliphatic rings. The van der Waals surface area contributed by atoms with E-state index in [4.69, 9.17) is 5.73 Å². The van der Waals surface area contributed by atoms with Gasteiger partial charge in [-0.25, -0.2) is 9.37 Å². The molecular formula is C12H10FN3S. The highest BCUT2D eigenvalue weighted by molar-refractivity contribution is 7.19. The molecule has 3 N–H and O–H groups in total. The predicted molar refractivity (Wildman–Crippen MR) is 68.5 cm³/mol. The molecule has 0 atom stereocenters. The average molecular weight is 247 g/mol. The molecule has 0 aliphatic carbocycles. The number of hydrogen-bond donors (Lipinski definition) is 2. The van der Waals surface area contributed by atoms with Gasteiger partial charge in [0.15, 0.2) is 0 Å². The zero-order chi connectivity index (χ0) is 12.0. The number of imidazole rings is 1. The van der Waals surface area contributed by atoms with Crippen LogP contribution in [-0.2, 0) is 0 Å². The smallest absolute Gasteiger partial charge is 0.148 e. The van der Waals surface area contributed by atoms with Crippen molar-refractivity contribution < 1.29 is 4.39 Å². The Labute approximate surface area is 101 Å². The number of aromatic amines is 1. The number of nitrogens with one attached hydrogen (secondary N) is 1. The summed E-state index contributed by atoms with van der Waals surface area (Å²) in [6, 6.07) is 6.42. The summed E-state index contributed by atoms with van der Waals surface area (Å²) in [6.45, 7) is 1.98. The normalized spacial score (nSPS) is 11.2. The Bertz CT molecular complexity index is 699. The van der Waals surface area contributed by atoms with Crippen molar-refractivity contribution in [3.8, 4) is 10.7 Å². The number of aromatic nitrogens is 2. The van der Waals surface area contributed by atoms with E-state index < -0.39 is 0 Å². The first kappa shape index (κ1) is 10.3. The molecule has 0 amide bonds. The molecule has 3 aromatic rings. The molecule has 0 saturated heterocycles. The van der Waals surface area contributed by atoms with E-state index in [1.165, 1.54) is 23.5 Å². The maximum absolute atomic E-state index is 13.1. The van der Waals surface area contributed by atoms with Crippen molar-refractivity contribution in [3.05, 3.63) is 35.6 Å². The molecule has 0 aliphatic heterocycles. The Hall–Kier alpha value is -1.88. The zero-order valence-electron chi connectivity index (χ0n) is 9.12. The Morgan fingerprint density at radius 1 is 1.35 bits per heavy atom. The van der Waals surface area contributed by atoms with Gasteiger partial charge in [0.05, 0.1) is 20.9 Å². The summed E-state index contributed by atoms with van der Waals surface area (Å²) in [7, 11) is 0. The fourth-order valence-electron chi connectivity index (χ4n) is 1.83. The average Bonchev–Trinajstić information content (AvgIpc) is 2.80. The number of hydrogen-bond acceptors (Lipinski definition) is 3. The van der Waals surface area contributed by atoms with Crippen LogP contribution in [0.4, 0.5) is 9.39 Å². The molecule has 0 bridgehead atoms. The zero-order valence-corrected chi connectivity index (χ0v) is 9.94. The van der Waals surface area contributed by atoms with Crippen LogP contribution >= 0.6 is 11.3 Å². The van der Waals surface area contributed by atoms with Gasteiger partial charge in [-0.3, -0.25) is 0 Å². The number of rotatable bonds is 1. The lowest BCUT2D eigenvalue weighted by atomic mass is 10.3. The number of benzene rings is 1. The van der Waals surface area contributed by atoms with Gasteiger partial charge in [0.2, 0.25) is 0 Å². The third-order valence-corrected chi connectivity index (χ3v) is 3.67. The molecule has 0 spiro atoms. The number of anilines is 1. The van der Waals surface area contributed by atoms with Crippen LogP contribution in [-0.4, -0.2) is 9.97 Å². The summed E-state index contributed by atoms with van der Waals surface area (Å²) >= 11 is 1.48. The highest BCUT2D eigenvalue weighted by Gasteiger charge is 2.11. The SMILES string of the molecule is Cc1cc(N)sc1-c1nc2ccc(F)cc2[nH]1. The minimum absolute atomic E-state index is 0.268. The summed E-state index contributed by atoms with van der Waals surface area (Å²) in [6.07, 6.45) is 0. The largest absolute Gasteiger partial charge is 0.391 e. The van der Waals surface area contributed by atoms with E-state index >= 15 is 0 Å². The van der Waals surface area contributed by atoms with Crippen molar-refractivity contribution in [2.75, 3.05) is 5.73 Å². The summed E-state index contributed by atoms with van der Waals surface area (Å²) in [5.74, 6) is 0.472. The third-order valence-electron chi connectivity index (χ3n) is 2.60. The summed E-state index contributed by atoms with van der Waals surface area (Å²) in [5.41, 5.74) is 8.29. The Morgan fingerprint density at radius 2 is 2.18 bits per heavy atom. The maximum atomic E-state index is 13.1. The van der Waals surface area contributed by atoms with E-state index in [0.29, 0.717) is 5.52 Å². The quantitative estimate of drug-likeness (QED) is 0.693. The van der Waals surface area contributed by atoms with Gasteiger partial charge in [-0.2, -0.15) is 0 Å². The standard InChI is InChI=1S/C12H10FN3S/c1-6-4-10(14)17-11(6)12-15-8-3-2-7(13)5-9(8)16-12/h2-5H,14H2,1H3,(H,15,16). The fraction of sp³-hybridized carbons (Fsp3) is 0.0833. The molecule has 0 saturated carbocycles. The minimum atomic E-state index is -0.268. The van der Waals surface area contributed by atoms with Crippen LogP contribution in [0, 0.1) is 12.7 Å². The van der Waals surface area contributed by atoms with Gasteiger partial charge in [-0.05, 0) is 36.8 Å². The second-order valence-electron chi connectivity index (χ2n) is 3.91. The maximum Gasteiger partial charge on any atom is 0.148 e. The molecule has 0 radical (unpaired) electrons. The first-order valence-electron chi connectivity index (χ1n) is 5.15. The second kappa shape index (κ2) is 3.56. The molecule has 3 rings (SSSR count). The molecule has 86 valence electrons. The molecule has 0 unspecified atom stereocenters. The van der Waals surface area contributed by atoms with Crippen LogP contribution in [0.5, 0.6) is 0 Å². The van der Waals surface area contributed by atoms with E-state index in [1.54, 1.807) is 6.07 Å². The van der Waals surface area contributed by atoms with Gasteiger partial charge < -0.3 is 10.7 Å². The lowest BCUT2D eigenvalue weighted by molar-refractivity contribution is 0.629. The van der Waals surface area contributed by atoms with Crippen LogP contribution in [0.25, 0.3) is 21.7 Å². The van der Waals surface area contributed by atoms with E-state index in [9.17, 15) is 4.39 Å². The van der Waals surface area contributed by atoms with Gasteiger partial charge in [0, 0.05) is 0 Å². The second-order valence-corrected chi connectivity index (χ2v) is 4.99. The van der Waals surface area contributed by atoms with Crippen molar-refractivity contribution in [3.63, 3.8) is 0 Å². The van der Waals surface area contributed by atoms with Crippen molar-refractivity contribution in [1.82, 2.24) is 9.97 Å². The van der Waals surface area contributed by atoms with E-state index in [1.807, 2.05) is 13.0 Å². The molecule has 1 aromatic carbocycles. The van der Waals surface area contributed by atoms with Gasteiger partial charge in [0.25, 0.3) is 0 Å². The van der Waals surface area contributed by atoms with Gasteiger partial charge in [-0.1, -0.05) is 0 Å². The first-order valence-corrected chi connectivity index (χ1v) is 5.96. The van der Waals surface area contributed by atoms with Crippen LogP contribution in [0.3, 0.4) is 0 Å². The minimum Gasteiger partial charge on any atom is -0.391 e. The fourth-order valence-corrected chi connectivity index (χ4v) is 2.72. The summed E-state index contributed by atoms with van der Waals surface area (Å²) in [4.78, 5) is 8.54. The number of nitrogens with zero attached hydrogens (tertiary/aromatic N) is 1. The molecular weight excluding hydrogens is 237 g/mol. The molecule has 2 aromatic heterocycles. The van der Waals surface area contributed by atoms with Crippen LogP contribution < -0.4 is 5.73 Å². The third kappa shape index (κ3) is 1.68. The first-order chi connectivity index (χ1) is 8.13. The lowest BCUT2D eigenvalue weighted by Crippen LogP contribution is -1.77. The van der Waals surface area contributed by atoms with Gasteiger partial charge in [-0.15, -0.1) is 11.3 Å². The highest BCUT2D eigenvalue weighted by atomic mass is 32.1. The topological polar surface area (TPSA) is 54.7 Å². The van der Waals surface area contributed by atoms with Gasteiger partial charge >= 0.3 is 0 Å². The molecule has 0 fully saturated rings. The van der Waals surface area contributed by atoms with Crippen LogP contribution in [0.1, 0.15) is 5.56 Å². The molecule has 2 heterocycles. The number of nitrogen functional groups attached to an aromatic ring is 1. The molecule has 17 heavy (non-hydrogen) atoms. The summed E-state index contributed by atoms with van der Waals surface area (Å²) in [5, 5.41) is 0.754. The van der Waals surface area contributed by atoms with Crippen molar-refractivity contribution in [1.29, 1.82) is 0 Å². The van der Waals surface area contributed by atoms with Crippen LogP contribution in [0.2, 0.25) is 0 Å². The van der Waals surface area contributed by atoms with E-state index in [-0.39, 0.29) is 5.82 Å². The number of halogens is 1. The van der Waals surface area contributed by atoms with Gasteiger partial charge in [0.1, 0.15) is 11.6 Å². The number of fused-ring (bicyclic) bond motifs is 1. The Balaban J connectivity index is 2.21. The van der Waals surface area contributed by atoms with Crippen LogP contribution in [0.15, 0.2) is 24.3 Å². The predicted octanol–water partition coefficient (Wildman–Crippen LogP) is 3.32. The van der Waals surface area contributed by atoms with Crippen molar-refractivity contribution in [2.45, 2.75) is 6.92 Å². The Kier molecular flexibility index (Phi) is 2.16. The highest BCUT2D eigenvalue weighted by Crippen LogP contribution is 2.33. The Morgan fingerprint density at radius 3 is 2.88 bits per heavy atom. The van der Waals surface area contributed by atoms with E-state index in [0.717, 1.165) is 26.8 Å². The van der Waals surface area contributed by atoms with Crippen molar-refractivity contribution >= 4 is 27.4 Å².